The van der Waals surface area contributed by atoms with E-state index in [0.717, 1.165) is 37.0 Å². The second-order valence-electron chi connectivity index (χ2n) is 8.02. The zero-order chi connectivity index (χ0) is 16.9. The third-order valence-electron chi connectivity index (χ3n) is 6.69. The number of carbonyl (C=O) groups excluding carboxylic acids is 1. The molecule has 0 aromatic heterocycles. The number of methoxy groups -OCH3 is 1. The van der Waals surface area contributed by atoms with Crippen LogP contribution in [0.3, 0.4) is 0 Å². The van der Waals surface area contributed by atoms with Gasteiger partial charge in [-0.3, -0.25) is 4.79 Å². The summed E-state index contributed by atoms with van der Waals surface area (Å²) in [6.07, 6.45) is 5.23. The Kier molecular flexibility index (Phi) is 3.64. The molecule has 0 radical (unpaired) electrons. The van der Waals surface area contributed by atoms with Crippen molar-refractivity contribution >= 4 is 5.91 Å². The van der Waals surface area contributed by atoms with Crippen LogP contribution in [0.4, 0.5) is 0 Å². The Hall–Kier alpha value is -1.55. The molecule has 3 aliphatic rings. The van der Waals surface area contributed by atoms with Crippen LogP contribution >= 0.6 is 0 Å². The molecule has 1 N–H and O–H groups in total. The molecule has 2 atom stereocenters. The van der Waals surface area contributed by atoms with Crippen molar-refractivity contribution in [2.75, 3.05) is 20.2 Å². The molecule has 1 heterocycles. The number of likely N-dealkylation sites (tertiary alicyclic amines) is 1. The highest BCUT2D eigenvalue weighted by Gasteiger charge is 2.57. The molecular formula is C20H27NO3. The Morgan fingerprint density at radius 2 is 1.92 bits per heavy atom. The van der Waals surface area contributed by atoms with Crippen LogP contribution in [0.2, 0.25) is 0 Å². The molecule has 0 unspecified atom stereocenters. The van der Waals surface area contributed by atoms with Gasteiger partial charge in [0.15, 0.2) is 0 Å². The Labute approximate surface area is 143 Å². The molecule has 4 nitrogen and oxygen atoms in total. The number of nitrogens with zero attached hydrogens (tertiary/aromatic N) is 1. The molecule has 3 fully saturated rings. The van der Waals surface area contributed by atoms with Crippen LogP contribution < -0.4 is 4.74 Å². The van der Waals surface area contributed by atoms with Crippen LogP contribution in [0.5, 0.6) is 5.75 Å². The van der Waals surface area contributed by atoms with Gasteiger partial charge in [-0.05, 0) is 49.3 Å². The van der Waals surface area contributed by atoms with E-state index < -0.39 is 5.60 Å². The van der Waals surface area contributed by atoms with Gasteiger partial charge in [-0.15, -0.1) is 0 Å². The standard InChI is InChI=1S/C20H27NO3/c1-14-12-21(13-20(14,23)16-4-3-5-16)18(22)19(10-11-19)15-6-8-17(24-2)9-7-15/h6-9,14,16,23H,3-5,10-13H2,1-2H3/t14-,20+/m1/s1. The van der Waals surface area contributed by atoms with Crippen LogP contribution in [0.25, 0.3) is 0 Å². The molecule has 4 heteroatoms. The van der Waals surface area contributed by atoms with Crippen molar-refractivity contribution < 1.29 is 14.6 Å². The summed E-state index contributed by atoms with van der Waals surface area (Å²) >= 11 is 0. The molecule has 1 aromatic carbocycles. The van der Waals surface area contributed by atoms with Crippen molar-refractivity contribution in [1.82, 2.24) is 4.90 Å². The van der Waals surface area contributed by atoms with E-state index in [4.69, 9.17) is 4.74 Å². The van der Waals surface area contributed by atoms with Crippen molar-refractivity contribution in [2.45, 2.75) is 50.0 Å². The maximum absolute atomic E-state index is 13.2. The topological polar surface area (TPSA) is 49.8 Å². The normalized spacial score (nSPS) is 31.6. The lowest BCUT2D eigenvalue weighted by atomic mass is 9.69. The minimum Gasteiger partial charge on any atom is -0.497 e. The Balaban J connectivity index is 1.53. The number of β-amino-alcohol motifs (C(OH)–C–C–N with tert-alkyl or cyclic N) is 1. The number of amides is 1. The van der Waals surface area contributed by atoms with Gasteiger partial charge in [-0.2, -0.15) is 0 Å². The number of hydrogen-bond donors (Lipinski definition) is 1. The van der Waals surface area contributed by atoms with Crippen LogP contribution in [-0.4, -0.2) is 41.7 Å². The van der Waals surface area contributed by atoms with Crippen molar-refractivity contribution in [3.63, 3.8) is 0 Å². The molecule has 1 amide bonds. The summed E-state index contributed by atoms with van der Waals surface area (Å²) in [5, 5.41) is 11.1. The summed E-state index contributed by atoms with van der Waals surface area (Å²) in [6.45, 7) is 3.29. The number of rotatable bonds is 4. The van der Waals surface area contributed by atoms with Crippen LogP contribution in [0.1, 0.15) is 44.6 Å². The molecule has 0 bridgehead atoms. The predicted molar refractivity (Wildman–Crippen MR) is 91.9 cm³/mol. The number of hydrogen-bond acceptors (Lipinski definition) is 3. The smallest absolute Gasteiger partial charge is 0.233 e. The van der Waals surface area contributed by atoms with Crippen LogP contribution in [0.15, 0.2) is 24.3 Å². The maximum Gasteiger partial charge on any atom is 0.233 e. The highest BCUT2D eigenvalue weighted by atomic mass is 16.5. The van der Waals surface area contributed by atoms with Crippen LogP contribution in [0, 0.1) is 11.8 Å². The van der Waals surface area contributed by atoms with E-state index >= 15 is 0 Å². The Morgan fingerprint density at radius 3 is 2.42 bits per heavy atom. The second-order valence-corrected chi connectivity index (χ2v) is 8.02. The number of aliphatic hydroxyl groups is 1. The zero-order valence-electron chi connectivity index (χ0n) is 14.6. The zero-order valence-corrected chi connectivity index (χ0v) is 14.6. The quantitative estimate of drug-likeness (QED) is 0.924. The van der Waals surface area contributed by atoms with E-state index in [2.05, 4.69) is 6.92 Å². The summed E-state index contributed by atoms with van der Waals surface area (Å²) in [5.41, 5.74) is 0.0424. The van der Waals surface area contributed by atoms with Gasteiger partial charge in [0, 0.05) is 12.5 Å². The first kappa shape index (κ1) is 15.9. The van der Waals surface area contributed by atoms with E-state index in [9.17, 15) is 9.90 Å². The van der Waals surface area contributed by atoms with E-state index in [1.54, 1.807) is 7.11 Å². The van der Waals surface area contributed by atoms with E-state index in [-0.39, 0.29) is 17.2 Å². The number of benzene rings is 1. The third kappa shape index (κ3) is 2.26. The summed E-state index contributed by atoms with van der Waals surface area (Å²) in [6, 6.07) is 7.89. The lowest BCUT2D eigenvalue weighted by molar-refractivity contribution is -0.135. The summed E-state index contributed by atoms with van der Waals surface area (Å²) in [5.74, 6) is 1.56. The average molecular weight is 329 g/mol. The summed E-state index contributed by atoms with van der Waals surface area (Å²) in [4.78, 5) is 15.2. The first-order valence-corrected chi connectivity index (χ1v) is 9.16. The van der Waals surface area contributed by atoms with Crippen molar-refractivity contribution in [2.24, 2.45) is 11.8 Å². The fourth-order valence-electron chi connectivity index (χ4n) is 4.57. The first-order chi connectivity index (χ1) is 11.5. The van der Waals surface area contributed by atoms with Crippen molar-refractivity contribution in [3.8, 4) is 5.75 Å². The number of ether oxygens (including phenoxy) is 1. The van der Waals surface area contributed by atoms with Crippen molar-refractivity contribution in [1.29, 1.82) is 0 Å². The van der Waals surface area contributed by atoms with Gasteiger partial charge in [0.2, 0.25) is 5.91 Å². The van der Waals surface area contributed by atoms with Gasteiger partial charge in [0.1, 0.15) is 5.75 Å². The van der Waals surface area contributed by atoms with E-state index in [1.807, 2.05) is 29.2 Å². The fraction of sp³-hybridized carbons (Fsp3) is 0.650. The van der Waals surface area contributed by atoms with Crippen LogP contribution in [-0.2, 0) is 10.2 Å². The molecule has 2 saturated carbocycles. The van der Waals surface area contributed by atoms with E-state index in [0.29, 0.717) is 19.0 Å². The molecule has 0 spiro atoms. The summed E-state index contributed by atoms with van der Waals surface area (Å²) < 4.78 is 5.22. The Bertz CT molecular complexity index is 633. The van der Waals surface area contributed by atoms with Gasteiger partial charge >= 0.3 is 0 Å². The minimum absolute atomic E-state index is 0.165. The molecule has 4 rings (SSSR count). The SMILES string of the molecule is COc1ccc(C2(C(=O)N3C[C@@H](C)[C@](O)(C4CCC4)C3)CC2)cc1. The lowest BCUT2D eigenvalue weighted by Gasteiger charge is -2.41. The number of carbonyl (C=O) groups is 1. The Morgan fingerprint density at radius 1 is 1.25 bits per heavy atom. The van der Waals surface area contributed by atoms with Crippen molar-refractivity contribution in [3.05, 3.63) is 29.8 Å². The molecule has 2 aliphatic carbocycles. The monoisotopic (exact) mass is 329 g/mol. The molecule has 130 valence electrons. The fourth-order valence-corrected chi connectivity index (χ4v) is 4.57. The predicted octanol–water partition coefficient (Wildman–Crippen LogP) is 2.74. The molecule has 1 aliphatic heterocycles. The lowest BCUT2D eigenvalue weighted by Crippen LogP contribution is -2.48. The van der Waals surface area contributed by atoms with E-state index in [1.165, 1.54) is 6.42 Å². The van der Waals surface area contributed by atoms with Gasteiger partial charge in [-0.25, -0.2) is 0 Å². The van der Waals surface area contributed by atoms with Gasteiger partial charge in [0.25, 0.3) is 0 Å². The highest BCUT2D eigenvalue weighted by molar-refractivity contribution is 5.91. The largest absolute Gasteiger partial charge is 0.497 e. The molecular weight excluding hydrogens is 302 g/mol. The average Bonchev–Trinajstić information content (AvgIpc) is 3.28. The second kappa shape index (κ2) is 5.48. The maximum atomic E-state index is 13.2. The van der Waals surface area contributed by atoms with Gasteiger partial charge < -0.3 is 14.7 Å². The first-order valence-electron chi connectivity index (χ1n) is 9.16. The van der Waals surface area contributed by atoms with Gasteiger partial charge in [-0.1, -0.05) is 25.5 Å². The molecule has 1 saturated heterocycles. The molecule has 1 aromatic rings. The van der Waals surface area contributed by atoms with Gasteiger partial charge in [0.05, 0.1) is 24.7 Å². The minimum atomic E-state index is -0.677. The third-order valence-corrected chi connectivity index (χ3v) is 6.69. The molecule has 24 heavy (non-hydrogen) atoms. The highest BCUT2D eigenvalue weighted by Crippen LogP contribution is 2.52. The summed E-state index contributed by atoms with van der Waals surface area (Å²) in [7, 11) is 1.65.